The van der Waals surface area contributed by atoms with E-state index in [0.717, 1.165) is 27.7 Å². The smallest absolute Gasteiger partial charge is 0.234 e. The molecule has 0 saturated heterocycles. The number of anilines is 1. The van der Waals surface area contributed by atoms with Crippen molar-refractivity contribution in [1.29, 1.82) is 0 Å². The third-order valence-corrected chi connectivity index (χ3v) is 6.77. The lowest BCUT2D eigenvalue weighted by Gasteiger charge is -2.11. The van der Waals surface area contributed by atoms with Gasteiger partial charge in [-0.2, -0.15) is 0 Å². The maximum atomic E-state index is 12.7. The zero-order chi connectivity index (χ0) is 23.7. The standard InChI is InChI=1S/C25H19Cl2N5OS/c1-15-6-7-17(27)12-22(15)29-23(33)14-34-25-31-30-24(32(25)18-10-8-16(26)9-11-18)20-13-28-21-5-3-2-4-19(20)21/h2-13,28H,14H2,1H3,(H,29,33). The Morgan fingerprint density at radius 3 is 2.62 bits per heavy atom. The number of carbonyl (C=O) groups excluding carboxylic acids is 1. The Labute approximate surface area is 210 Å². The minimum Gasteiger partial charge on any atom is -0.360 e. The second-order valence-corrected chi connectivity index (χ2v) is 9.48. The summed E-state index contributed by atoms with van der Waals surface area (Å²) in [5, 5.41) is 14.7. The number of benzene rings is 3. The number of aromatic nitrogens is 4. The van der Waals surface area contributed by atoms with Gasteiger partial charge in [0.25, 0.3) is 0 Å². The first-order valence-electron chi connectivity index (χ1n) is 10.5. The summed E-state index contributed by atoms with van der Waals surface area (Å²) < 4.78 is 1.94. The number of thioether (sulfide) groups is 1. The highest BCUT2D eigenvalue weighted by Crippen LogP contribution is 2.33. The van der Waals surface area contributed by atoms with Crippen LogP contribution in [0, 0.1) is 6.92 Å². The highest BCUT2D eigenvalue weighted by Gasteiger charge is 2.20. The van der Waals surface area contributed by atoms with E-state index in [1.54, 1.807) is 12.1 Å². The minimum absolute atomic E-state index is 0.158. The number of carbonyl (C=O) groups is 1. The number of hydrogen-bond acceptors (Lipinski definition) is 4. The quantitative estimate of drug-likeness (QED) is 0.249. The highest BCUT2D eigenvalue weighted by atomic mass is 35.5. The van der Waals surface area contributed by atoms with Crippen molar-refractivity contribution in [2.45, 2.75) is 12.1 Å². The maximum absolute atomic E-state index is 12.7. The van der Waals surface area contributed by atoms with Gasteiger partial charge in [0.15, 0.2) is 11.0 Å². The normalized spacial score (nSPS) is 11.1. The lowest BCUT2D eigenvalue weighted by Crippen LogP contribution is -2.15. The van der Waals surface area contributed by atoms with Gasteiger partial charge in [0.05, 0.1) is 5.75 Å². The Bertz CT molecular complexity index is 1490. The molecule has 6 nitrogen and oxygen atoms in total. The molecule has 0 aliphatic rings. The van der Waals surface area contributed by atoms with Crippen LogP contribution >= 0.6 is 35.0 Å². The van der Waals surface area contributed by atoms with Crippen molar-refractivity contribution in [3.63, 3.8) is 0 Å². The van der Waals surface area contributed by atoms with E-state index in [1.807, 2.05) is 72.3 Å². The SMILES string of the molecule is Cc1ccc(Cl)cc1NC(=O)CSc1nnc(-c2c[nH]c3ccccc23)n1-c1ccc(Cl)cc1. The van der Waals surface area contributed by atoms with Crippen molar-refractivity contribution in [3.8, 4) is 17.1 Å². The Morgan fingerprint density at radius 1 is 1.03 bits per heavy atom. The van der Waals surface area contributed by atoms with E-state index in [2.05, 4.69) is 20.5 Å². The van der Waals surface area contributed by atoms with Gasteiger partial charge in [0.2, 0.25) is 5.91 Å². The third kappa shape index (κ3) is 4.55. The van der Waals surface area contributed by atoms with Gasteiger partial charge in [0.1, 0.15) is 0 Å². The molecule has 2 aromatic heterocycles. The van der Waals surface area contributed by atoms with Gasteiger partial charge < -0.3 is 10.3 Å². The van der Waals surface area contributed by atoms with Crippen molar-refractivity contribution in [2.75, 3.05) is 11.1 Å². The zero-order valence-corrected chi connectivity index (χ0v) is 20.4. The molecule has 0 bridgehead atoms. The first-order chi connectivity index (χ1) is 16.5. The summed E-state index contributed by atoms with van der Waals surface area (Å²) in [5.74, 6) is 0.675. The average molecular weight is 508 g/mol. The van der Waals surface area contributed by atoms with Crippen LogP contribution in [-0.4, -0.2) is 31.4 Å². The van der Waals surface area contributed by atoms with Crippen molar-refractivity contribution in [2.24, 2.45) is 0 Å². The number of para-hydroxylation sites is 1. The molecular weight excluding hydrogens is 489 g/mol. The second kappa shape index (κ2) is 9.54. The lowest BCUT2D eigenvalue weighted by atomic mass is 10.1. The molecule has 34 heavy (non-hydrogen) atoms. The maximum Gasteiger partial charge on any atom is 0.234 e. The van der Waals surface area contributed by atoms with Gasteiger partial charge in [-0.25, -0.2) is 0 Å². The molecule has 170 valence electrons. The van der Waals surface area contributed by atoms with Crippen LogP contribution in [0.1, 0.15) is 5.56 Å². The monoisotopic (exact) mass is 507 g/mol. The van der Waals surface area contributed by atoms with Crippen LogP contribution in [0.15, 0.2) is 78.1 Å². The molecule has 0 unspecified atom stereocenters. The van der Waals surface area contributed by atoms with E-state index in [-0.39, 0.29) is 11.7 Å². The van der Waals surface area contributed by atoms with Crippen LogP contribution in [0.3, 0.4) is 0 Å². The second-order valence-electron chi connectivity index (χ2n) is 7.66. The molecule has 1 amide bonds. The van der Waals surface area contributed by atoms with Crippen molar-refractivity contribution in [1.82, 2.24) is 19.7 Å². The molecule has 0 atom stereocenters. The molecule has 5 rings (SSSR count). The summed E-state index contributed by atoms with van der Waals surface area (Å²) in [4.78, 5) is 16.0. The molecule has 0 saturated carbocycles. The van der Waals surface area contributed by atoms with Gasteiger partial charge >= 0.3 is 0 Å². The summed E-state index contributed by atoms with van der Waals surface area (Å²) in [6.07, 6.45) is 1.92. The molecule has 9 heteroatoms. The van der Waals surface area contributed by atoms with Crippen LogP contribution in [0.4, 0.5) is 5.69 Å². The highest BCUT2D eigenvalue weighted by molar-refractivity contribution is 7.99. The van der Waals surface area contributed by atoms with E-state index in [4.69, 9.17) is 23.2 Å². The van der Waals surface area contributed by atoms with Gasteiger partial charge in [-0.1, -0.05) is 59.2 Å². The first-order valence-corrected chi connectivity index (χ1v) is 12.2. The van der Waals surface area contributed by atoms with Gasteiger partial charge in [-0.15, -0.1) is 10.2 Å². The molecule has 2 N–H and O–H groups in total. The molecule has 3 aromatic carbocycles. The van der Waals surface area contributed by atoms with Gasteiger partial charge in [-0.05, 0) is 55.0 Å². The molecule has 2 heterocycles. The van der Waals surface area contributed by atoms with Crippen LogP contribution in [0.2, 0.25) is 10.0 Å². The number of H-pyrrole nitrogens is 1. The number of aryl methyl sites for hydroxylation is 1. The van der Waals surface area contributed by atoms with Crippen LogP contribution in [0.25, 0.3) is 28.0 Å². The molecule has 5 aromatic rings. The molecule has 0 radical (unpaired) electrons. The van der Waals surface area contributed by atoms with Crippen LogP contribution < -0.4 is 5.32 Å². The lowest BCUT2D eigenvalue weighted by molar-refractivity contribution is -0.113. The van der Waals surface area contributed by atoms with E-state index >= 15 is 0 Å². The fourth-order valence-corrected chi connectivity index (χ4v) is 4.71. The first kappa shape index (κ1) is 22.5. The number of amides is 1. The Hall–Kier alpha value is -3.26. The fourth-order valence-electron chi connectivity index (χ4n) is 3.66. The number of hydrogen-bond donors (Lipinski definition) is 2. The van der Waals surface area contributed by atoms with E-state index in [0.29, 0.717) is 26.7 Å². The topological polar surface area (TPSA) is 75.6 Å². The number of rotatable bonds is 6. The summed E-state index contributed by atoms with van der Waals surface area (Å²) in [6, 6.07) is 20.9. The predicted octanol–water partition coefficient (Wildman–Crippen LogP) is 6.76. The van der Waals surface area contributed by atoms with Gasteiger partial charge in [-0.3, -0.25) is 9.36 Å². The summed E-state index contributed by atoms with van der Waals surface area (Å²) in [6.45, 7) is 1.92. The Kier molecular flexibility index (Phi) is 6.32. The van der Waals surface area contributed by atoms with Crippen LogP contribution in [-0.2, 0) is 4.79 Å². The van der Waals surface area contributed by atoms with Crippen molar-refractivity contribution >= 4 is 57.5 Å². The number of nitrogens with one attached hydrogen (secondary N) is 2. The van der Waals surface area contributed by atoms with E-state index in [9.17, 15) is 4.79 Å². The molecule has 0 aliphatic heterocycles. The van der Waals surface area contributed by atoms with Gasteiger partial charge in [0, 0.05) is 44.1 Å². The Balaban J connectivity index is 1.47. The number of nitrogens with zero attached hydrogens (tertiary/aromatic N) is 3. The molecule has 0 aliphatic carbocycles. The minimum atomic E-state index is -0.158. The van der Waals surface area contributed by atoms with E-state index in [1.165, 1.54) is 11.8 Å². The van der Waals surface area contributed by atoms with Crippen molar-refractivity contribution in [3.05, 3.63) is 88.5 Å². The zero-order valence-electron chi connectivity index (χ0n) is 18.0. The van der Waals surface area contributed by atoms with Crippen molar-refractivity contribution < 1.29 is 4.79 Å². The third-order valence-electron chi connectivity index (χ3n) is 5.35. The van der Waals surface area contributed by atoms with Crippen LogP contribution in [0.5, 0.6) is 0 Å². The molecule has 0 spiro atoms. The predicted molar refractivity (Wildman–Crippen MR) is 139 cm³/mol. The summed E-state index contributed by atoms with van der Waals surface area (Å²) >= 11 is 13.5. The largest absolute Gasteiger partial charge is 0.360 e. The number of halogens is 2. The van der Waals surface area contributed by atoms with E-state index < -0.39 is 0 Å². The summed E-state index contributed by atoms with van der Waals surface area (Å²) in [5.41, 5.74) is 4.41. The molecular formula is C25H19Cl2N5OS. The number of aromatic amines is 1. The molecule has 0 fully saturated rings. The number of fused-ring (bicyclic) bond motifs is 1. The Morgan fingerprint density at radius 2 is 1.79 bits per heavy atom. The average Bonchev–Trinajstić information content (AvgIpc) is 3.44. The fraction of sp³-hybridized carbons (Fsp3) is 0.0800. The summed E-state index contributed by atoms with van der Waals surface area (Å²) in [7, 11) is 0.